The van der Waals surface area contributed by atoms with Gasteiger partial charge in [0.25, 0.3) is 0 Å². The normalized spacial score (nSPS) is 18.3. The van der Waals surface area contributed by atoms with Crippen LogP contribution in [0.1, 0.15) is 97.5 Å². The molecule has 3 aliphatic heterocycles. The number of anilines is 4. The van der Waals surface area contributed by atoms with Crippen LogP contribution in [-0.2, 0) is 53.1 Å². The van der Waals surface area contributed by atoms with Crippen LogP contribution >= 0.6 is 22.7 Å². The fraction of sp³-hybridized carbons (Fsp3) is 0.462. The Labute approximate surface area is 409 Å². The van der Waals surface area contributed by atoms with Gasteiger partial charge in [-0.05, 0) is 107 Å². The summed E-state index contributed by atoms with van der Waals surface area (Å²) in [5.74, 6) is 2.35. The summed E-state index contributed by atoms with van der Waals surface area (Å²) in [6.45, 7) is 18.1. The van der Waals surface area contributed by atoms with Gasteiger partial charge in [0.15, 0.2) is 0 Å². The maximum Gasteiger partial charge on any atom is 0.306 e. The lowest BCUT2D eigenvalue weighted by molar-refractivity contribution is -0.142. The number of hydrogen-bond acceptors (Lipinski definition) is 15. The number of nitrogens with one attached hydrogen (secondary N) is 2. The van der Waals surface area contributed by atoms with Gasteiger partial charge < -0.3 is 34.9 Å². The fourth-order valence-electron chi connectivity index (χ4n) is 9.43. The molecule has 0 radical (unpaired) electrons. The largest absolute Gasteiger partial charge is 0.491 e. The van der Waals surface area contributed by atoms with Gasteiger partial charge in [0.1, 0.15) is 45.5 Å². The number of nitrogens with zero attached hydrogens (tertiary/aromatic N) is 7. The van der Waals surface area contributed by atoms with Crippen molar-refractivity contribution in [1.82, 2.24) is 24.8 Å². The summed E-state index contributed by atoms with van der Waals surface area (Å²) >= 11 is 3.27. The minimum absolute atomic E-state index is 0.0245. The van der Waals surface area contributed by atoms with Gasteiger partial charge in [0.05, 0.1) is 67.6 Å². The third-order valence-corrected chi connectivity index (χ3v) is 15.3. The van der Waals surface area contributed by atoms with Gasteiger partial charge in [-0.25, -0.2) is 19.9 Å². The molecule has 15 nitrogen and oxygen atoms in total. The number of morpholine rings is 1. The first-order valence-electron chi connectivity index (χ1n) is 23.9. The molecule has 4 aromatic heterocycles. The van der Waals surface area contributed by atoms with E-state index in [1.165, 1.54) is 21.6 Å². The zero-order chi connectivity index (χ0) is 48.0. The maximum atomic E-state index is 13.2. The highest BCUT2D eigenvalue weighted by atomic mass is 32.1. The van der Waals surface area contributed by atoms with E-state index >= 15 is 0 Å². The van der Waals surface area contributed by atoms with Crippen LogP contribution in [0, 0.1) is 22.7 Å². The number of carboxylic acid groups (broad SMARTS) is 1. The van der Waals surface area contributed by atoms with Crippen LogP contribution in [0.2, 0.25) is 0 Å². The summed E-state index contributed by atoms with van der Waals surface area (Å²) in [4.78, 5) is 57.9. The molecule has 0 saturated carbocycles. The van der Waals surface area contributed by atoms with Crippen molar-refractivity contribution in [3.63, 3.8) is 0 Å². The topological polar surface area (TPSA) is 186 Å². The fourth-order valence-corrected chi connectivity index (χ4v) is 12.0. The van der Waals surface area contributed by atoms with Crippen molar-refractivity contribution in [2.45, 2.75) is 93.2 Å². The SMILES string of the molecule is CC(C)(C)COc1cc2c(cc1Nc1ncnc3sc4c(c13)CC[C@H](C(=O)N1CCOCC1)C4)C=NC2.CC(C)(C)COc1cc2c(cc1Nc1ncnc3sc4c(c13)CC[C@H](C(=O)O)C4)C=NC2. The lowest BCUT2D eigenvalue weighted by atomic mass is 9.86. The predicted molar refractivity (Wildman–Crippen MR) is 273 cm³/mol. The number of amides is 1. The number of thiophene rings is 2. The van der Waals surface area contributed by atoms with Crippen LogP contribution in [-0.4, -0.2) is 93.8 Å². The van der Waals surface area contributed by atoms with Gasteiger partial charge in [-0.1, -0.05) is 41.5 Å². The molecule has 1 saturated heterocycles. The van der Waals surface area contributed by atoms with Crippen LogP contribution in [0.4, 0.5) is 23.0 Å². The van der Waals surface area contributed by atoms with E-state index in [1.807, 2.05) is 17.3 Å². The quantitative estimate of drug-likeness (QED) is 0.118. The molecule has 360 valence electrons. The first-order valence-corrected chi connectivity index (χ1v) is 25.5. The molecular weight excluding hydrogens is 911 g/mol. The molecule has 1 fully saturated rings. The second-order valence-electron chi connectivity index (χ2n) is 21.0. The number of ether oxygens (including phenoxy) is 3. The van der Waals surface area contributed by atoms with Crippen LogP contribution in [0.25, 0.3) is 20.4 Å². The number of hydrogen-bond donors (Lipinski definition) is 3. The zero-order valence-electron chi connectivity index (χ0n) is 40.1. The zero-order valence-corrected chi connectivity index (χ0v) is 41.7. The van der Waals surface area contributed by atoms with E-state index in [-0.39, 0.29) is 28.6 Å². The van der Waals surface area contributed by atoms with Crippen molar-refractivity contribution in [2.75, 3.05) is 50.2 Å². The standard InChI is InChI=1S/C28H33N5O3S.C24H26N4O3S/c1-28(2,3)15-36-22-11-19-14-29-13-18(19)10-21(22)32-25-24-20-5-4-17(27(34)33-6-8-35-9-7-33)12-23(20)37-26(24)31-16-30-25;1-24(2,3)11-31-18-7-15-10-25-9-14(15)6-17(18)28-21-20-16-5-4-13(23(29)30)8-19(16)32-22(20)27-12-26-21/h10-11,13,16-17H,4-9,12,14-15H2,1-3H3,(H,30,31,32);6-7,9,12-13H,4-5,8,10-11H2,1-3H3,(H,29,30)(H,26,27,28)/t17-;13-/m00/s1. The number of carbonyl (C=O) groups is 2. The summed E-state index contributed by atoms with van der Waals surface area (Å²) < 4.78 is 17.9. The minimum Gasteiger partial charge on any atom is -0.491 e. The van der Waals surface area contributed by atoms with Crippen LogP contribution in [0.3, 0.4) is 0 Å². The number of aromatic nitrogens is 4. The molecule has 7 heterocycles. The monoisotopic (exact) mass is 969 g/mol. The summed E-state index contributed by atoms with van der Waals surface area (Å²) in [6.07, 6.45) is 11.4. The van der Waals surface area contributed by atoms with Crippen LogP contribution in [0.5, 0.6) is 11.5 Å². The molecule has 6 aromatic rings. The Kier molecular flexibility index (Phi) is 12.9. The molecule has 2 aromatic carbocycles. The number of aliphatic carboxylic acids is 1. The molecule has 0 spiro atoms. The summed E-state index contributed by atoms with van der Waals surface area (Å²) in [5.41, 5.74) is 8.75. The molecule has 2 atom stereocenters. The van der Waals surface area contributed by atoms with E-state index in [0.717, 1.165) is 102 Å². The summed E-state index contributed by atoms with van der Waals surface area (Å²) in [7, 11) is 0. The highest BCUT2D eigenvalue weighted by Gasteiger charge is 2.33. The van der Waals surface area contributed by atoms with E-state index < -0.39 is 5.97 Å². The summed E-state index contributed by atoms with van der Waals surface area (Å²) in [6, 6.07) is 8.33. The van der Waals surface area contributed by atoms with Gasteiger partial charge >= 0.3 is 5.97 Å². The van der Waals surface area contributed by atoms with Gasteiger partial charge in [-0.3, -0.25) is 19.6 Å². The molecule has 17 heteroatoms. The van der Waals surface area contributed by atoms with Crippen molar-refractivity contribution >= 4 is 90.4 Å². The highest BCUT2D eigenvalue weighted by molar-refractivity contribution is 7.19. The van der Waals surface area contributed by atoms with Gasteiger partial charge in [-0.2, -0.15) is 0 Å². The van der Waals surface area contributed by atoms with E-state index in [1.54, 1.807) is 35.3 Å². The third-order valence-electron chi connectivity index (χ3n) is 13.0. The van der Waals surface area contributed by atoms with E-state index in [0.29, 0.717) is 65.4 Å². The number of carbonyl (C=O) groups excluding carboxylic acids is 1. The molecule has 1 amide bonds. The Hall–Kier alpha value is -6.04. The Balaban J connectivity index is 0.000000162. The molecule has 5 aliphatic rings. The number of rotatable bonds is 10. The number of carboxylic acids is 1. The van der Waals surface area contributed by atoms with Crippen molar-refractivity contribution in [1.29, 1.82) is 0 Å². The van der Waals surface area contributed by atoms with Crippen LogP contribution < -0.4 is 20.1 Å². The van der Waals surface area contributed by atoms with Crippen molar-refractivity contribution in [2.24, 2.45) is 32.7 Å². The average molecular weight is 970 g/mol. The molecule has 0 bridgehead atoms. The number of aryl methyl sites for hydroxylation is 2. The second kappa shape index (κ2) is 19.0. The van der Waals surface area contributed by atoms with Crippen molar-refractivity contribution in [3.8, 4) is 11.5 Å². The molecule has 69 heavy (non-hydrogen) atoms. The number of benzene rings is 2. The molecule has 11 rings (SSSR count). The Morgan fingerprint density at radius 1 is 0.710 bits per heavy atom. The third kappa shape index (κ3) is 10.2. The Morgan fingerprint density at radius 2 is 1.19 bits per heavy atom. The molecular formula is C52H59N9O6S2. The lowest BCUT2D eigenvalue weighted by Crippen LogP contribution is -2.44. The highest BCUT2D eigenvalue weighted by Crippen LogP contribution is 2.44. The van der Waals surface area contributed by atoms with Crippen LogP contribution in [0.15, 0.2) is 46.9 Å². The van der Waals surface area contributed by atoms with E-state index in [9.17, 15) is 14.7 Å². The number of fused-ring (bicyclic) bond motifs is 8. The number of aliphatic imine (C=N–C) groups is 2. The predicted octanol–water partition coefficient (Wildman–Crippen LogP) is 9.74. The Morgan fingerprint density at radius 3 is 1.67 bits per heavy atom. The molecule has 2 aliphatic carbocycles. The van der Waals surface area contributed by atoms with E-state index in [2.05, 4.69) is 106 Å². The molecule has 0 unspecified atom stereocenters. The maximum absolute atomic E-state index is 13.2. The van der Waals surface area contributed by atoms with Crippen molar-refractivity contribution < 1.29 is 28.9 Å². The first-order chi connectivity index (χ1) is 33.1. The van der Waals surface area contributed by atoms with E-state index in [4.69, 9.17) is 14.2 Å². The first kappa shape index (κ1) is 46.7. The van der Waals surface area contributed by atoms with Crippen molar-refractivity contribution in [3.05, 3.63) is 80.1 Å². The smallest absolute Gasteiger partial charge is 0.306 e. The van der Waals surface area contributed by atoms with Gasteiger partial charge in [0, 0.05) is 41.2 Å². The molecule has 3 N–H and O–H groups in total. The minimum atomic E-state index is -0.724. The lowest BCUT2D eigenvalue weighted by Gasteiger charge is -2.32. The Bertz CT molecular complexity index is 3020. The van der Waals surface area contributed by atoms with Gasteiger partial charge in [0.2, 0.25) is 5.91 Å². The second-order valence-corrected chi connectivity index (χ2v) is 23.1. The summed E-state index contributed by atoms with van der Waals surface area (Å²) in [5, 5.41) is 18.6. The average Bonchev–Trinajstić information content (AvgIpc) is 4.14. The van der Waals surface area contributed by atoms with Gasteiger partial charge in [-0.15, -0.1) is 22.7 Å².